The molecule has 0 spiro atoms. The Hall–Kier alpha value is -3.18. The summed E-state index contributed by atoms with van der Waals surface area (Å²) in [7, 11) is 0. The highest BCUT2D eigenvalue weighted by atomic mass is 35.5. The Labute approximate surface area is 215 Å². The maximum atomic E-state index is 15.0. The summed E-state index contributed by atoms with van der Waals surface area (Å²) in [6.45, 7) is 2.63. The zero-order chi connectivity index (χ0) is 27.0. The molecule has 37 heavy (non-hydrogen) atoms. The van der Waals surface area contributed by atoms with Crippen LogP contribution in [0.5, 0.6) is 0 Å². The summed E-state index contributed by atoms with van der Waals surface area (Å²) in [5.74, 6) is -5.80. The van der Waals surface area contributed by atoms with Gasteiger partial charge in [0.2, 0.25) is 0 Å². The minimum Gasteiger partial charge on any atom is -0.481 e. The topological polar surface area (TPSA) is 94.1 Å². The number of likely N-dealkylation sites (tertiary alicyclic amines) is 1. The number of rotatable bonds is 8. The van der Waals surface area contributed by atoms with Gasteiger partial charge >= 0.3 is 5.97 Å². The third-order valence-corrected chi connectivity index (χ3v) is 7.07. The Kier molecular flexibility index (Phi) is 7.48. The van der Waals surface area contributed by atoms with Gasteiger partial charge in [-0.25, -0.2) is 13.8 Å². The quantitative estimate of drug-likeness (QED) is 0.319. The molecule has 0 amide bonds. The van der Waals surface area contributed by atoms with E-state index in [1.165, 1.54) is 29.2 Å². The second-order valence-electron chi connectivity index (χ2n) is 9.53. The van der Waals surface area contributed by atoms with Crippen LogP contribution in [0.15, 0.2) is 36.4 Å². The molecule has 1 fully saturated rings. The molecule has 198 valence electrons. The number of aromatic amines is 1. The first kappa shape index (κ1) is 26.9. The third kappa shape index (κ3) is 5.72. The van der Waals surface area contributed by atoms with E-state index in [1.54, 1.807) is 13.0 Å². The van der Waals surface area contributed by atoms with Gasteiger partial charge in [0.15, 0.2) is 11.6 Å². The summed E-state index contributed by atoms with van der Waals surface area (Å²) in [5, 5.41) is 19.5. The van der Waals surface area contributed by atoms with Gasteiger partial charge in [0.25, 0.3) is 5.92 Å². The van der Waals surface area contributed by atoms with Crippen molar-refractivity contribution in [1.29, 1.82) is 0 Å². The van der Waals surface area contributed by atoms with Crippen molar-refractivity contribution in [3.05, 3.63) is 70.0 Å². The zero-order valence-electron chi connectivity index (χ0n) is 20.2. The standard InChI is InChI=1S/C25H26ClF4N5O2/c1-14-10-21(34-33-14)32-20-7-6-18(27)19(31-20)12-24(23(36)37)8-9-35(15(2)11-24)13-25(29,30)16-4-3-5-17(26)22(16)28/h3-7,10,15H,8-9,11-13H2,1-2H3,(H,36,37)(H2,31,32,33,34)/t15-,24?/m1/s1. The summed E-state index contributed by atoms with van der Waals surface area (Å²) in [6.07, 6.45) is -0.257. The number of aryl methyl sites for hydroxylation is 1. The first-order valence-corrected chi connectivity index (χ1v) is 12.0. The molecule has 0 bridgehead atoms. The number of benzene rings is 1. The molecule has 0 aliphatic carbocycles. The molecule has 3 aromatic rings. The fourth-order valence-corrected chi connectivity index (χ4v) is 4.95. The number of H-pyrrole nitrogens is 1. The van der Waals surface area contributed by atoms with Gasteiger partial charge in [-0.2, -0.15) is 13.9 Å². The maximum Gasteiger partial charge on any atom is 0.310 e. The monoisotopic (exact) mass is 539 g/mol. The number of hydrogen-bond donors (Lipinski definition) is 3. The molecule has 1 aliphatic heterocycles. The van der Waals surface area contributed by atoms with Crippen molar-refractivity contribution in [2.75, 3.05) is 18.4 Å². The summed E-state index contributed by atoms with van der Waals surface area (Å²) in [6, 6.07) is 7.16. The van der Waals surface area contributed by atoms with Crippen molar-refractivity contribution in [1.82, 2.24) is 20.1 Å². The van der Waals surface area contributed by atoms with Crippen LogP contribution in [0.25, 0.3) is 0 Å². The van der Waals surface area contributed by atoms with Gasteiger partial charge in [0.1, 0.15) is 11.6 Å². The molecule has 7 nitrogen and oxygen atoms in total. The number of aromatic nitrogens is 3. The average molecular weight is 540 g/mol. The highest BCUT2D eigenvalue weighted by Crippen LogP contribution is 2.41. The first-order valence-electron chi connectivity index (χ1n) is 11.6. The van der Waals surface area contributed by atoms with Crippen LogP contribution >= 0.6 is 11.6 Å². The van der Waals surface area contributed by atoms with Crippen molar-refractivity contribution >= 4 is 29.2 Å². The highest BCUT2D eigenvalue weighted by molar-refractivity contribution is 6.30. The molecule has 4 rings (SSSR count). The largest absolute Gasteiger partial charge is 0.481 e. The number of alkyl halides is 2. The Morgan fingerprint density at radius 2 is 2.05 bits per heavy atom. The predicted molar refractivity (Wildman–Crippen MR) is 130 cm³/mol. The van der Waals surface area contributed by atoms with E-state index in [4.69, 9.17) is 11.6 Å². The Balaban J connectivity index is 1.51. The van der Waals surface area contributed by atoms with E-state index in [0.717, 1.165) is 11.8 Å². The number of piperidine rings is 1. The van der Waals surface area contributed by atoms with Crippen molar-refractivity contribution in [3.63, 3.8) is 0 Å². The smallest absolute Gasteiger partial charge is 0.310 e. The van der Waals surface area contributed by atoms with E-state index < -0.39 is 52.1 Å². The van der Waals surface area contributed by atoms with Gasteiger partial charge in [-0.1, -0.05) is 17.7 Å². The number of carboxylic acids is 1. The highest BCUT2D eigenvalue weighted by Gasteiger charge is 2.47. The predicted octanol–water partition coefficient (Wildman–Crippen LogP) is 5.68. The molecule has 12 heteroatoms. The van der Waals surface area contributed by atoms with E-state index in [1.807, 2.05) is 6.92 Å². The van der Waals surface area contributed by atoms with Crippen LogP contribution in [-0.2, 0) is 17.1 Å². The van der Waals surface area contributed by atoms with Gasteiger partial charge in [-0.15, -0.1) is 0 Å². The fourth-order valence-electron chi connectivity index (χ4n) is 4.78. The van der Waals surface area contributed by atoms with E-state index >= 15 is 0 Å². The lowest BCUT2D eigenvalue weighted by atomic mass is 9.72. The molecule has 1 unspecified atom stereocenters. The minimum absolute atomic E-state index is 0.00263. The van der Waals surface area contributed by atoms with Gasteiger partial charge in [-0.05, 0) is 57.5 Å². The Morgan fingerprint density at radius 1 is 1.30 bits per heavy atom. The number of carbonyl (C=O) groups is 1. The molecule has 1 aliphatic rings. The molecule has 2 atom stereocenters. The van der Waals surface area contributed by atoms with E-state index in [0.29, 0.717) is 5.82 Å². The van der Waals surface area contributed by atoms with Crippen LogP contribution in [-0.4, -0.2) is 50.3 Å². The van der Waals surface area contributed by atoms with Crippen LogP contribution < -0.4 is 5.32 Å². The molecule has 0 radical (unpaired) electrons. The van der Waals surface area contributed by atoms with E-state index in [-0.39, 0.29) is 37.3 Å². The van der Waals surface area contributed by atoms with Gasteiger partial charge < -0.3 is 10.4 Å². The summed E-state index contributed by atoms with van der Waals surface area (Å²) in [4.78, 5) is 18.1. The van der Waals surface area contributed by atoms with Crippen molar-refractivity contribution in [2.45, 2.75) is 45.1 Å². The van der Waals surface area contributed by atoms with Gasteiger partial charge in [0.05, 0.1) is 28.2 Å². The van der Waals surface area contributed by atoms with E-state index in [2.05, 4.69) is 20.5 Å². The summed E-state index contributed by atoms with van der Waals surface area (Å²) >= 11 is 5.68. The van der Waals surface area contributed by atoms with E-state index in [9.17, 15) is 27.5 Å². The molecular weight excluding hydrogens is 514 g/mol. The van der Waals surface area contributed by atoms with Crippen LogP contribution in [0.2, 0.25) is 5.02 Å². The number of aliphatic carboxylic acids is 1. The second-order valence-corrected chi connectivity index (χ2v) is 9.94. The third-order valence-electron chi connectivity index (χ3n) is 6.77. The summed E-state index contributed by atoms with van der Waals surface area (Å²) in [5.41, 5.74) is -1.47. The first-order chi connectivity index (χ1) is 17.4. The lowest BCUT2D eigenvalue weighted by Gasteiger charge is -2.44. The fraction of sp³-hybridized carbons (Fsp3) is 0.400. The number of carboxylic acid groups (broad SMARTS) is 1. The summed E-state index contributed by atoms with van der Waals surface area (Å²) < 4.78 is 59.0. The molecule has 1 saturated heterocycles. The Morgan fingerprint density at radius 3 is 2.70 bits per heavy atom. The molecule has 3 heterocycles. The Bertz CT molecular complexity index is 1300. The molecule has 1 aromatic carbocycles. The lowest BCUT2D eigenvalue weighted by Crippen LogP contribution is -2.52. The normalized spacial score (nSPS) is 20.7. The molecule has 0 saturated carbocycles. The van der Waals surface area contributed by atoms with Gasteiger partial charge in [-0.3, -0.25) is 14.8 Å². The number of pyridine rings is 1. The number of anilines is 2. The lowest BCUT2D eigenvalue weighted by molar-refractivity contribution is -0.155. The van der Waals surface area contributed by atoms with Crippen molar-refractivity contribution in [2.24, 2.45) is 5.41 Å². The minimum atomic E-state index is -3.55. The van der Waals surface area contributed by atoms with Crippen LogP contribution in [0.4, 0.5) is 29.2 Å². The average Bonchev–Trinajstić information content (AvgIpc) is 3.24. The zero-order valence-corrected chi connectivity index (χ0v) is 20.9. The van der Waals surface area contributed by atoms with Crippen LogP contribution in [0.1, 0.15) is 36.7 Å². The van der Waals surface area contributed by atoms with Crippen LogP contribution in [0.3, 0.4) is 0 Å². The number of nitrogens with zero attached hydrogens (tertiary/aromatic N) is 3. The molecular formula is C25H26ClF4N5O2. The number of nitrogens with one attached hydrogen (secondary N) is 2. The molecule has 3 N–H and O–H groups in total. The van der Waals surface area contributed by atoms with Gasteiger partial charge in [0, 0.05) is 24.2 Å². The SMILES string of the molecule is Cc1cc(Nc2ccc(F)c(CC3(C(=O)O)CCN(CC(F)(F)c4cccc(Cl)c4F)[C@H](C)C3)n2)n[nH]1. The maximum absolute atomic E-state index is 15.0. The number of hydrogen-bond acceptors (Lipinski definition) is 5. The van der Waals surface area contributed by atoms with Crippen LogP contribution in [0, 0.1) is 24.0 Å². The number of halogens is 5. The second kappa shape index (κ2) is 10.3. The molecule has 2 aromatic heterocycles. The van der Waals surface area contributed by atoms with Crippen molar-refractivity contribution in [3.8, 4) is 0 Å². The van der Waals surface area contributed by atoms with Crippen molar-refractivity contribution < 1.29 is 27.5 Å².